The van der Waals surface area contributed by atoms with E-state index >= 15 is 0 Å². The smallest absolute Gasteiger partial charge is 0.220 e. The standard InChI is InChI=1S/C70H133NO8/c1-3-5-7-9-11-13-15-17-19-21-23-25-27-29-30-31-32-33-34-36-38-40-42-44-46-48-50-52-54-56-58-60-66(74)71-63(62-78-70-69(77)68(76)67(75)65(61-72)79-70)64(73)59-57-55-53-51-49-47-45-43-41-39-37-35-28-26-24-22-20-18-16-14-12-10-8-6-4-2/h41,43,49,51,57,59,63-65,67-70,72-73,75-77H,3-40,42,44-48,50,52-56,58,60-62H2,1-2H3,(H,71,74)/b43-41+,51-49+,59-57+. The van der Waals surface area contributed by atoms with Gasteiger partial charge < -0.3 is 40.3 Å². The first-order valence-corrected chi connectivity index (χ1v) is 34.7. The van der Waals surface area contributed by atoms with E-state index in [-0.39, 0.29) is 12.5 Å². The van der Waals surface area contributed by atoms with Crippen molar-refractivity contribution in [1.29, 1.82) is 0 Å². The lowest BCUT2D eigenvalue weighted by molar-refractivity contribution is -0.302. The van der Waals surface area contributed by atoms with E-state index in [0.717, 1.165) is 44.9 Å². The molecule has 0 aliphatic carbocycles. The van der Waals surface area contributed by atoms with Crippen LogP contribution in [0, 0.1) is 0 Å². The molecule has 1 aliphatic heterocycles. The molecular formula is C70H133NO8. The number of hydrogen-bond acceptors (Lipinski definition) is 8. The van der Waals surface area contributed by atoms with Crippen LogP contribution in [-0.2, 0) is 14.3 Å². The SMILES string of the molecule is CCCCCCCCCCCCCCCCC/C=C/CC/C=C/CC/C=C/C(O)C(COC1OC(CO)C(O)C(O)C1O)NC(=O)CCCCCCCCCCCCCCCCCCCCCCCCCCCCCCCCC. The van der Waals surface area contributed by atoms with E-state index in [9.17, 15) is 30.3 Å². The highest BCUT2D eigenvalue weighted by atomic mass is 16.7. The van der Waals surface area contributed by atoms with Crippen molar-refractivity contribution < 1.29 is 39.8 Å². The van der Waals surface area contributed by atoms with E-state index in [1.54, 1.807) is 6.08 Å². The van der Waals surface area contributed by atoms with Crippen LogP contribution in [-0.4, -0.2) is 87.5 Å². The Balaban J connectivity index is 2.15. The first-order valence-electron chi connectivity index (χ1n) is 34.7. The summed E-state index contributed by atoms with van der Waals surface area (Å²) in [5.74, 6) is -0.183. The van der Waals surface area contributed by atoms with E-state index < -0.39 is 49.5 Å². The quantitative estimate of drug-likeness (QED) is 0.0261. The van der Waals surface area contributed by atoms with Gasteiger partial charge in [-0.1, -0.05) is 333 Å². The molecule has 7 atom stereocenters. The molecule has 1 rings (SSSR count). The molecule has 7 unspecified atom stereocenters. The lowest BCUT2D eigenvalue weighted by atomic mass is 9.99. The predicted molar refractivity (Wildman–Crippen MR) is 337 cm³/mol. The minimum Gasteiger partial charge on any atom is -0.394 e. The monoisotopic (exact) mass is 1120 g/mol. The van der Waals surface area contributed by atoms with Crippen LogP contribution in [0.1, 0.15) is 348 Å². The van der Waals surface area contributed by atoms with Gasteiger partial charge in [-0.05, 0) is 44.9 Å². The number of allylic oxidation sites excluding steroid dienone is 5. The van der Waals surface area contributed by atoms with Gasteiger partial charge in [0.25, 0.3) is 0 Å². The van der Waals surface area contributed by atoms with Crippen LogP contribution in [0.15, 0.2) is 36.5 Å². The maximum Gasteiger partial charge on any atom is 0.220 e. The maximum absolute atomic E-state index is 13.1. The number of amides is 1. The Bertz CT molecular complexity index is 1340. The normalized spacial score (nSPS) is 18.7. The van der Waals surface area contributed by atoms with Crippen molar-refractivity contribution in [2.45, 2.75) is 391 Å². The van der Waals surface area contributed by atoms with Crippen LogP contribution in [0.2, 0.25) is 0 Å². The summed E-state index contributed by atoms with van der Waals surface area (Å²) >= 11 is 0. The molecule has 0 radical (unpaired) electrons. The van der Waals surface area contributed by atoms with E-state index in [1.807, 2.05) is 6.08 Å². The van der Waals surface area contributed by atoms with Gasteiger partial charge in [0.1, 0.15) is 24.4 Å². The molecule has 9 nitrogen and oxygen atoms in total. The van der Waals surface area contributed by atoms with E-state index in [2.05, 4.69) is 43.5 Å². The summed E-state index contributed by atoms with van der Waals surface area (Å²) in [6, 6.07) is -0.828. The molecule has 0 aromatic rings. The van der Waals surface area contributed by atoms with Gasteiger partial charge in [-0.2, -0.15) is 0 Å². The molecule has 6 N–H and O–H groups in total. The third-order valence-corrected chi connectivity index (χ3v) is 16.7. The summed E-state index contributed by atoms with van der Waals surface area (Å²) in [4.78, 5) is 13.1. The fourth-order valence-corrected chi connectivity index (χ4v) is 11.3. The van der Waals surface area contributed by atoms with Crippen LogP contribution in [0.5, 0.6) is 0 Å². The minimum absolute atomic E-state index is 0.183. The Kier molecular flexibility index (Phi) is 56.9. The first kappa shape index (κ1) is 75.4. The second-order valence-corrected chi connectivity index (χ2v) is 24.3. The number of aliphatic hydroxyl groups excluding tert-OH is 5. The van der Waals surface area contributed by atoms with Crippen molar-refractivity contribution in [3.63, 3.8) is 0 Å². The summed E-state index contributed by atoms with van der Waals surface area (Å²) in [5, 5.41) is 54.7. The molecule has 1 heterocycles. The van der Waals surface area contributed by atoms with Crippen LogP contribution in [0.3, 0.4) is 0 Å². The van der Waals surface area contributed by atoms with Gasteiger partial charge in [-0.15, -0.1) is 0 Å². The van der Waals surface area contributed by atoms with Gasteiger partial charge in [0.05, 0.1) is 25.4 Å². The topological polar surface area (TPSA) is 149 Å². The number of carbonyl (C=O) groups is 1. The number of carbonyl (C=O) groups excluding carboxylic acids is 1. The fourth-order valence-electron chi connectivity index (χ4n) is 11.3. The predicted octanol–water partition coefficient (Wildman–Crippen LogP) is 18.6. The van der Waals surface area contributed by atoms with Gasteiger partial charge in [0.2, 0.25) is 5.91 Å². The molecule has 1 fully saturated rings. The lowest BCUT2D eigenvalue weighted by Gasteiger charge is -2.40. The average molecular weight is 1120 g/mol. The Morgan fingerprint density at radius 1 is 0.418 bits per heavy atom. The van der Waals surface area contributed by atoms with Crippen LogP contribution < -0.4 is 5.32 Å². The molecule has 0 spiro atoms. The molecule has 9 heteroatoms. The van der Waals surface area contributed by atoms with Crippen molar-refractivity contribution >= 4 is 5.91 Å². The van der Waals surface area contributed by atoms with Crippen LogP contribution >= 0.6 is 0 Å². The Morgan fingerprint density at radius 2 is 0.722 bits per heavy atom. The third-order valence-electron chi connectivity index (χ3n) is 16.7. The first-order chi connectivity index (χ1) is 38.8. The zero-order valence-electron chi connectivity index (χ0n) is 52.2. The Hall–Kier alpha value is -1.59. The second-order valence-electron chi connectivity index (χ2n) is 24.3. The minimum atomic E-state index is -1.57. The Morgan fingerprint density at radius 3 is 1.06 bits per heavy atom. The second kappa shape index (κ2) is 59.6. The molecule has 1 amide bonds. The molecule has 466 valence electrons. The summed E-state index contributed by atoms with van der Waals surface area (Å²) in [5.41, 5.74) is 0. The van der Waals surface area contributed by atoms with Crippen molar-refractivity contribution in [3.8, 4) is 0 Å². The molecule has 0 aromatic carbocycles. The lowest BCUT2D eigenvalue weighted by Crippen LogP contribution is -2.60. The zero-order chi connectivity index (χ0) is 57.2. The number of hydrogen-bond donors (Lipinski definition) is 6. The summed E-state index contributed by atoms with van der Waals surface area (Å²) in [6.07, 6.45) is 72.6. The highest BCUT2D eigenvalue weighted by Crippen LogP contribution is 2.23. The number of nitrogens with one attached hydrogen (secondary N) is 1. The van der Waals surface area contributed by atoms with Gasteiger partial charge in [-0.3, -0.25) is 4.79 Å². The zero-order valence-corrected chi connectivity index (χ0v) is 52.2. The molecule has 1 saturated heterocycles. The summed E-state index contributed by atoms with van der Waals surface area (Å²) < 4.78 is 11.3. The summed E-state index contributed by atoms with van der Waals surface area (Å²) in [7, 11) is 0. The fraction of sp³-hybridized carbons (Fsp3) is 0.900. The van der Waals surface area contributed by atoms with Crippen molar-refractivity contribution in [2.24, 2.45) is 0 Å². The highest BCUT2D eigenvalue weighted by molar-refractivity contribution is 5.76. The molecule has 0 aromatic heterocycles. The Labute approximate surface area is 489 Å². The van der Waals surface area contributed by atoms with E-state index in [4.69, 9.17) is 9.47 Å². The molecule has 0 bridgehead atoms. The third kappa shape index (κ3) is 48.5. The van der Waals surface area contributed by atoms with Crippen molar-refractivity contribution in [1.82, 2.24) is 5.32 Å². The van der Waals surface area contributed by atoms with Gasteiger partial charge in [0, 0.05) is 6.42 Å². The van der Waals surface area contributed by atoms with Gasteiger partial charge >= 0.3 is 0 Å². The molecular weight excluding hydrogens is 983 g/mol. The highest BCUT2D eigenvalue weighted by Gasteiger charge is 2.44. The van der Waals surface area contributed by atoms with Gasteiger partial charge in [0.15, 0.2) is 6.29 Å². The van der Waals surface area contributed by atoms with E-state index in [0.29, 0.717) is 6.42 Å². The summed E-state index contributed by atoms with van der Waals surface area (Å²) in [6.45, 7) is 3.81. The van der Waals surface area contributed by atoms with Crippen LogP contribution in [0.25, 0.3) is 0 Å². The number of aliphatic hydroxyl groups is 5. The molecule has 1 aliphatic rings. The number of unbranched alkanes of at least 4 members (excludes halogenated alkanes) is 47. The molecule has 0 saturated carbocycles. The van der Waals surface area contributed by atoms with Crippen molar-refractivity contribution in [2.75, 3.05) is 13.2 Å². The number of ether oxygens (including phenoxy) is 2. The van der Waals surface area contributed by atoms with Crippen molar-refractivity contribution in [3.05, 3.63) is 36.5 Å². The average Bonchev–Trinajstić information content (AvgIpc) is 3.47. The number of rotatable bonds is 61. The van der Waals surface area contributed by atoms with Gasteiger partial charge in [-0.25, -0.2) is 0 Å². The molecule has 79 heavy (non-hydrogen) atoms. The van der Waals surface area contributed by atoms with Crippen LogP contribution in [0.4, 0.5) is 0 Å². The van der Waals surface area contributed by atoms with E-state index in [1.165, 1.54) is 283 Å². The largest absolute Gasteiger partial charge is 0.394 e. The maximum atomic E-state index is 13.1.